The van der Waals surface area contributed by atoms with Gasteiger partial charge in [0.25, 0.3) is 16.6 Å². The Kier molecular flexibility index (Phi) is 14.8. The predicted molar refractivity (Wildman–Crippen MR) is 273 cm³/mol. The first-order valence-corrected chi connectivity index (χ1v) is 27.7. The zero-order chi connectivity index (χ0) is 46.5. The average molecular weight is 908 g/mol. The van der Waals surface area contributed by atoms with E-state index in [0.717, 1.165) is 37.0 Å². The highest BCUT2D eigenvalue weighted by Gasteiger charge is 2.62. The van der Waals surface area contributed by atoms with Crippen LogP contribution in [0.5, 0.6) is 11.5 Å². The molecule has 1 saturated heterocycles. The van der Waals surface area contributed by atoms with Crippen LogP contribution in [0.4, 0.5) is 0 Å². The van der Waals surface area contributed by atoms with Gasteiger partial charge in [0.15, 0.2) is 0 Å². The van der Waals surface area contributed by atoms with Crippen LogP contribution in [-0.4, -0.2) is 59.4 Å². The predicted octanol–water partition coefficient (Wildman–Crippen LogP) is 10.9. The fourth-order valence-corrected chi connectivity index (χ4v) is 20.7. The molecule has 1 aliphatic heterocycles. The van der Waals surface area contributed by atoms with Crippen LogP contribution in [-0.2, 0) is 20.2 Å². The molecule has 1 heterocycles. The largest absolute Gasteiger partial charge is 0.497 e. The highest BCUT2D eigenvalue weighted by Crippen LogP contribution is 2.55. The lowest BCUT2D eigenvalue weighted by atomic mass is 9.84. The standard InChI is InChI=1S/C57H73NO5Si2/c1-11-12-17-26-44(62-64(55(2,3)4,46-27-18-13-19-28-46)47-29-20-14-21-30-47)37-38-50-51-40-54(59)58(42-43-35-36-45(60-9)39-52(43)61-10)57(51,8)41-53(50)63-65(56(5,6)7,48-31-22-15-23-32-48)49-33-24-16-25-34-49/h13-16,18-25,27-39,44,50-51,53H,11-12,17,26,40-42H2,1-10H3/t44-,50?,51?,53?,57?/m0/s1. The van der Waals surface area contributed by atoms with Crippen molar-refractivity contribution in [1.82, 2.24) is 4.90 Å². The summed E-state index contributed by atoms with van der Waals surface area (Å²) in [7, 11) is -2.56. The van der Waals surface area contributed by atoms with Crippen LogP contribution in [0.3, 0.4) is 0 Å². The summed E-state index contributed by atoms with van der Waals surface area (Å²) < 4.78 is 27.5. The minimum absolute atomic E-state index is 0.0165. The van der Waals surface area contributed by atoms with E-state index in [9.17, 15) is 4.79 Å². The Morgan fingerprint density at radius 3 is 1.68 bits per heavy atom. The Morgan fingerprint density at radius 2 is 1.22 bits per heavy atom. The molecule has 8 heteroatoms. The van der Waals surface area contributed by atoms with Gasteiger partial charge >= 0.3 is 0 Å². The smallest absolute Gasteiger partial charge is 0.261 e. The number of nitrogens with zero attached hydrogens (tertiary/aromatic N) is 1. The van der Waals surface area contributed by atoms with Crippen LogP contribution in [0, 0.1) is 11.8 Å². The van der Waals surface area contributed by atoms with Gasteiger partial charge in [0.1, 0.15) is 11.5 Å². The van der Waals surface area contributed by atoms with E-state index in [0.29, 0.717) is 25.1 Å². The molecule has 7 rings (SSSR count). The van der Waals surface area contributed by atoms with Gasteiger partial charge in [-0.2, -0.15) is 0 Å². The van der Waals surface area contributed by atoms with Crippen molar-refractivity contribution in [2.24, 2.45) is 11.8 Å². The van der Waals surface area contributed by atoms with Gasteiger partial charge in [-0.05, 0) is 68.6 Å². The molecule has 0 aromatic heterocycles. The number of ether oxygens (including phenoxy) is 2. The summed E-state index contributed by atoms with van der Waals surface area (Å²) in [4.78, 5) is 16.7. The molecule has 2 fully saturated rings. The van der Waals surface area contributed by atoms with Gasteiger partial charge in [0, 0.05) is 36.1 Å². The molecular weight excluding hydrogens is 835 g/mol. The summed E-state index contributed by atoms with van der Waals surface area (Å²) in [6.45, 7) is 19.2. The second kappa shape index (κ2) is 20.0. The molecule has 1 saturated carbocycles. The Bertz CT molecular complexity index is 2260. The van der Waals surface area contributed by atoms with Gasteiger partial charge in [-0.15, -0.1) is 0 Å². The molecule has 0 spiro atoms. The normalized spacial score (nSPS) is 20.9. The monoisotopic (exact) mass is 908 g/mol. The van der Waals surface area contributed by atoms with Crippen molar-refractivity contribution in [3.63, 3.8) is 0 Å². The zero-order valence-electron chi connectivity index (χ0n) is 40.7. The molecule has 0 N–H and O–H groups in total. The number of hydrogen-bond donors (Lipinski definition) is 0. The number of carbonyl (C=O) groups is 1. The van der Waals surface area contributed by atoms with Gasteiger partial charge < -0.3 is 23.2 Å². The molecule has 0 bridgehead atoms. The van der Waals surface area contributed by atoms with Gasteiger partial charge in [-0.1, -0.05) is 201 Å². The third kappa shape index (κ3) is 9.47. The lowest BCUT2D eigenvalue weighted by molar-refractivity contribution is -0.132. The maximum Gasteiger partial charge on any atom is 0.261 e. The van der Waals surface area contributed by atoms with Crippen molar-refractivity contribution in [2.45, 2.75) is 128 Å². The minimum Gasteiger partial charge on any atom is -0.497 e. The first kappa shape index (κ1) is 48.2. The molecule has 344 valence electrons. The maximum atomic E-state index is 14.6. The number of fused-ring (bicyclic) bond motifs is 1. The zero-order valence-corrected chi connectivity index (χ0v) is 42.7. The highest BCUT2D eigenvalue weighted by atomic mass is 28.4. The molecule has 1 amide bonds. The fraction of sp³-hybridized carbons (Fsp3) is 0.421. The average Bonchev–Trinajstić information content (AvgIpc) is 3.70. The van der Waals surface area contributed by atoms with E-state index in [2.05, 4.69) is 194 Å². The van der Waals surface area contributed by atoms with E-state index in [1.165, 1.54) is 20.7 Å². The van der Waals surface area contributed by atoms with Crippen LogP contribution >= 0.6 is 0 Å². The summed E-state index contributed by atoms with van der Waals surface area (Å²) >= 11 is 0. The number of likely N-dealkylation sites (tertiary alicyclic amines) is 1. The van der Waals surface area contributed by atoms with Crippen LogP contribution in [0.25, 0.3) is 0 Å². The molecule has 1 aliphatic carbocycles. The first-order chi connectivity index (χ1) is 31.1. The SMILES string of the molecule is CCCCC[C@@H](C=CC1C(O[Si](c2ccccc2)(c2ccccc2)C(C)(C)C)CC2(C)C1CC(=O)N2Cc1ccc(OC)cc1OC)O[Si](c1ccccc1)(c1ccccc1)C(C)(C)C. The van der Waals surface area contributed by atoms with E-state index in [-0.39, 0.29) is 40.0 Å². The van der Waals surface area contributed by atoms with E-state index in [1.807, 2.05) is 18.2 Å². The molecule has 5 aromatic rings. The van der Waals surface area contributed by atoms with Crippen LogP contribution in [0.2, 0.25) is 10.1 Å². The molecule has 5 atom stereocenters. The molecule has 4 unspecified atom stereocenters. The van der Waals surface area contributed by atoms with E-state index >= 15 is 0 Å². The molecular formula is C57H73NO5Si2. The summed E-state index contributed by atoms with van der Waals surface area (Å²) in [5.41, 5.74) is 0.477. The third-order valence-electron chi connectivity index (χ3n) is 14.6. The number of methoxy groups -OCH3 is 2. The Labute approximate surface area is 392 Å². The summed E-state index contributed by atoms with van der Waals surface area (Å²) in [6.07, 6.45) is 9.90. The van der Waals surface area contributed by atoms with Gasteiger partial charge in [-0.3, -0.25) is 4.79 Å². The molecule has 65 heavy (non-hydrogen) atoms. The molecule has 0 radical (unpaired) electrons. The van der Waals surface area contributed by atoms with Crippen LogP contribution in [0.1, 0.15) is 99.5 Å². The van der Waals surface area contributed by atoms with Crippen molar-refractivity contribution < 1.29 is 23.1 Å². The third-order valence-corrected chi connectivity index (χ3v) is 24.7. The Morgan fingerprint density at radius 1 is 0.708 bits per heavy atom. The number of hydrogen-bond acceptors (Lipinski definition) is 5. The topological polar surface area (TPSA) is 57.2 Å². The van der Waals surface area contributed by atoms with Crippen molar-refractivity contribution in [3.8, 4) is 11.5 Å². The summed E-state index contributed by atoms with van der Waals surface area (Å²) in [5, 5.41) is 4.68. The maximum absolute atomic E-state index is 14.6. The molecule has 6 nitrogen and oxygen atoms in total. The first-order valence-electron chi connectivity index (χ1n) is 23.9. The quantitative estimate of drug-likeness (QED) is 0.0498. The number of rotatable bonds is 18. The van der Waals surface area contributed by atoms with Gasteiger partial charge in [0.2, 0.25) is 5.91 Å². The Hall–Kier alpha value is -4.74. The van der Waals surface area contributed by atoms with E-state index < -0.39 is 22.2 Å². The second-order valence-corrected chi connectivity index (χ2v) is 29.1. The number of carbonyl (C=O) groups excluding carboxylic acids is 1. The molecule has 5 aromatic carbocycles. The fourth-order valence-electron chi connectivity index (χ4n) is 11.3. The van der Waals surface area contributed by atoms with Crippen molar-refractivity contribution in [1.29, 1.82) is 0 Å². The summed E-state index contributed by atoms with van der Waals surface area (Å²) in [6, 6.07) is 49.8. The van der Waals surface area contributed by atoms with Crippen molar-refractivity contribution >= 4 is 43.3 Å². The van der Waals surface area contributed by atoms with Gasteiger partial charge in [0.05, 0.1) is 26.4 Å². The number of amides is 1. The van der Waals surface area contributed by atoms with Crippen LogP contribution in [0.15, 0.2) is 152 Å². The Balaban J connectivity index is 1.37. The van der Waals surface area contributed by atoms with Crippen molar-refractivity contribution in [2.75, 3.05) is 14.2 Å². The number of benzene rings is 5. The minimum atomic E-state index is -3.00. The number of unbranched alkanes of at least 4 members (excludes halogenated alkanes) is 2. The second-order valence-electron chi connectivity index (χ2n) is 20.6. The highest BCUT2D eigenvalue weighted by molar-refractivity contribution is 7.00. The lowest BCUT2D eigenvalue weighted by Gasteiger charge is -2.46. The molecule has 2 aliphatic rings. The van der Waals surface area contributed by atoms with Crippen molar-refractivity contribution in [3.05, 3.63) is 157 Å². The van der Waals surface area contributed by atoms with E-state index in [4.69, 9.17) is 18.3 Å². The lowest BCUT2D eigenvalue weighted by Crippen LogP contribution is -2.68. The summed E-state index contributed by atoms with van der Waals surface area (Å²) in [5.74, 6) is 1.57. The van der Waals surface area contributed by atoms with Crippen LogP contribution < -0.4 is 30.2 Å². The van der Waals surface area contributed by atoms with E-state index in [1.54, 1.807) is 14.2 Å². The van der Waals surface area contributed by atoms with Gasteiger partial charge in [-0.25, -0.2) is 0 Å².